The van der Waals surface area contributed by atoms with Crippen LogP contribution in [0.4, 0.5) is 0 Å². The Morgan fingerprint density at radius 2 is 1.96 bits per heavy atom. The van der Waals surface area contributed by atoms with Gasteiger partial charge in [-0.2, -0.15) is 4.98 Å². The summed E-state index contributed by atoms with van der Waals surface area (Å²) in [5.41, 5.74) is -0.210. The summed E-state index contributed by atoms with van der Waals surface area (Å²) < 4.78 is 5.12. The molecule has 2 aliphatic carbocycles. The number of nitrogens with one attached hydrogen (secondary N) is 2. The van der Waals surface area contributed by atoms with Crippen molar-refractivity contribution in [3.63, 3.8) is 0 Å². The molecule has 2 aliphatic rings. The van der Waals surface area contributed by atoms with Crippen LogP contribution in [0.5, 0.6) is 0 Å². The van der Waals surface area contributed by atoms with Crippen molar-refractivity contribution in [2.75, 3.05) is 0 Å². The first-order chi connectivity index (χ1) is 13.0. The minimum Gasteiger partial charge on any atom is -0.340 e. The predicted molar refractivity (Wildman–Crippen MR) is 95.6 cm³/mol. The summed E-state index contributed by atoms with van der Waals surface area (Å²) >= 11 is 0. The zero-order valence-electron chi connectivity index (χ0n) is 15.3. The van der Waals surface area contributed by atoms with Gasteiger partial charge in [-0.25, -0.2) is 0 Å². The molecular weight excluding hydrogens is 348 g/mol. The molecule has 142 valence electrons. The van der Waals surface area contributed by atoms with E-state index >= 15 is 0 Å². The van der Waals surface area contributed by atoms with Gasteiger partial charge >= 0.3 is 0 Å². The number of aromatic amines is 1. The van der Waals surface area contributed by atoms with Gasteiger partial charge < -0.3 is 14.8 Å². The first kappa shape index (κ1) is 17.6. The van der Waals surface area contributed by atoms with E-state index in [0.717, 1.165) is 19.3 Å². The summed E-state index contributed by atoms with van der Waals surface area (Å²) in [5.74, 6) is 0.324. The SMILES string of the molecule is Cc1nc(C2(NC(=O)c3cc4c([nH]c3=O)CCCC4=O)CCCCC2)no1. The molecule has 4 rings (SSSR count). The van der Waals surface area contributed by atoms with Crippen LogP contribution >= 0.6 is 0 Å². The third-order valence-corrected chi connectivity index (χ3v) is 5.51. The Morgan fingerprint density at radius 1 is 1.19 bits per heavy atom. The van der Waals surface area contributed by atoms with E-state index < -0.39 is 17.0 Å². The van der Waals surface area contributed by atoms with Crippen LogP contribution in [-0.4, -0.2) is 26.8 Å². The van der Waals surface area contributed by atoms with Gasteiger partial charge in [0.1, 0.15) is 11.1 Å². The quantitative estimate of drug-likeness (QED) is 0.855. The number of ketones is 1. The Kier molecular flexibility index (Phi) is 4.41. The van der Waals surface area contributed by atoms with Crippen LogP contribution in [0.1, 0.15) is 83.1 Å². The molecule has 0 atom stereocenters. The van der Waals surface area contributed by atoms with Crippen molar-refractivity contribution in [2.45, 2.75) is 63.8 Å². The van der Waals surface area contributed by atoms with Gasteiger partial charge in [0.05, 0.1) is 0 Å². The fourth-order valence-corrected chi connectivity index (χ4v) is 4.08. The highest BCUT2D eigenvalue weighted by molar-refractivity contribution is 6.01. The van der Waals surface area contributed by atoms with Crippen molar-refractivity contribution in [1.82, 2.24) is 20.4 Å². The molecule has 8 heteroatoms. The Bertz CT molecular complexity index is 953. The second-order valence-corrected chi connectivity index (χ2v) is 7.41. The highest BCUT2D eigenvalue weighted by atomic mass is 16.5. The van der Waals surface area contributed by atoms with E-state index in [0.29, 0.717) is 55.1 Å². The maximum Gasteiger partial charge on any atom is 0.261 e. The number of H-pyrrole nitrogens is 1. The summed E-state index contributed by atoms with van der Waals surface area (Å²) in [6.07, 6.45) is 6.07. The topological polar surface area (TPSA) is 118 Å². The van der Waals surface area contributed by atoms with Crippen LogP contribution in [0, 0.1) is 6.92 Å². The highest BCUT2D eigenvalue weighted by Crippen LogP contribution is 2.36. The standard InChI is InChI=1S/C19H22N4O4/c1-11-20-18(23-27-11)19(8-3-2-4-9-19)22-17(26)13-10-12-14(21-16(13)25)6-5-7-15(12)24/h10H,2-9H2,1H3,(H,21,25)(H,22,26). The van der Waals surface area contributed by atoms with Gasteiger partial charge in [-0.1, -0.05) is 24.4 Å². The molecule has 0 saturated heterocycles. The molecule has 0 bridgehead atoms. The zero-order chi connectivity index (χ0) is 19.0. The minimum absolute atomic E-state index is 0.0391. The van der Waals surface area contributed by atoms with Crippen LogP contribution in [0.3, 0.4) is 0 Å². The average molecular weight is 370 g/mol. The fourth-order valence-electron chi connectivity index (χ4n) is 4.08. The minimum atomic E-state index is -0.751. The molecule has 0 radical (unpaired) electrons. The normalized spacial score (nSPS) is 18.8. The summed E-state index contributed by atoms with van der Waals surface area (Å²) in [6.45, 7) is 1.70. The van der Waals surface area contributed by atoms with Crippen LogP contribution in [0.2, 0.25) is 0 Å². The number of carbonyl (C=O) groups excluding carboxylic acids is 2. The Morgan fingerprint density at radius 3 is 2.67 bits per heavy atom. The number of rotatable bonds is 3. The Hall–Kier alpha value is -2.77. The monoisotopic (exact) mass is 370 g/mol. The number of carbonyl (C=O) groups is 2. The number of aryl methyl sites for hydroxylation is 2. The number of aromatic nitrogens is 3. The van der Waals surface area contributed by atoms with Gasteiger partial charge in [-0.3, -0.25) is 14.4 Å². The van der Waals surface area contributed by atoms with E-state index in [2.05, 4.69) is 20.4 Å². The molecule has 0 aliphatic heterocycles. The lowest BCUT2D eigenvalue weighted by Gasteiger charge is -2.35. The molecular formula is C19H22N4O4. The number of nitrogens with zero attached hydrogens (tertiary/aromatic N) is 2. The second-order valence-electron chi connectivity index (χ2n) is 7.41. The number of Topliss-reactive ketones (excluding diaryl/α,β-unsaturated/α-hetero) is 1. The molecule has 27 heavy (non-hydrogen) atoms. The van der Waals surface area contributed by atoms with Gasteiger partial charge in [0, 0.05) is 24.6 Å². The molecule has 1 saturated carbocycles. The number of hydrogen-bond acceptors (Lipinski definition) is 6. The Labute approximate surface area is 155 Å². The third kappa shape index (κ3) is 3.20. The van der Waals surface area contributed by atoms with E-state index in [4.69, 9.17) is 4.52 Å². The first-order valence-electron chi connectivity index (χ1n) is 9.41. The lowest BCUT2D eigenvalue weighted by molar-refractivity contribution is 0.0853. The largest absolute Gasteiger partial charge is 0.340 e. The van der Waals surface area contributed by atoms with E-state index in [1.807, 2.05) is 0 Å². The molecule has 1 amide bonds. The lowest BCUT2D eigenvalue weighted by atomic mass is 9.80. The molecule has 0 unspecified atom stereocenters. The fraction of sp³-hybridized carbons (Fsp3) is 0.526. The molecule has 8 nitrogen and oxygen atoms in total. The summed E-state index contributed by atoms with van der Waals surface area (Å²) in [4.78, 5) is 44.6. The summed E-state index contributed by atoms with van der Waals surface area (Å²) in [6, 6.07) is 1.43. The van der Waals surface area contributed by atoms with Crippen molar-refractivity contribution >= 4 is 11.7 Å². The van der Waals surface area contributed by atoms with Crippen molar-refractivity contribution in [3.05, 3.63) is 45.0 Å². The number of fused-ring (bicyclic) bond motifs is 1. The average Bonchev–Trinajstić information content (AvgIpc) is 3.09. The smallest absolute Gasteiger partial charge is 0.261 e. The summed E-state index contributed by atoms with van der Waals surface area (Å²) in [7, 11) is 0. The predicted octanol–water partition coefficient (Wildman–Crippen LogP) is 2.17. The van der Waals surface area contributed by atoms with E-state index in [1.54, 1.807) is 6.92 Å². The maximum absolute atomic E-state index is 13.0. The zero-order valence-corrected chi connectivity index (χ0v) is 15.3. The van der Waals surface area contributed by atoms with Crippen LogP contribution in [0.25, 0.3) is 0 Å². The van der Waals surface area contributed by atoms with Gasteiger partial charge in [0.25, 0.3) is 11.5 Å². The van der Waals surface area contributed by atoms with Gasteiger partial charge in [0.2, 0.25) is 5.89 Å². The molecule has 2 aromatic rings. The van der Waals surface area contributed by atoms with Crippen molar-refractivity contribution in [3.8, 4) is 0 Å². The molecule has 1 fully saturated rings. The highest BCUT2D eigenvalue weighted by Gasteiger charge is 2.40. The van der Waals surface area contributed by atoms with Gasteiger partial charge in [-0.15, -0.1) is 0 Å². The molecule has 0 aromatic carbocycles. The third-order valence-electron chi connectivity index (χ3n) is 5.51. The van der Waals surface area contributed by atoms with Crippen LogP contribution in [-0.2, 0) is 12.0 Å². The van der Waals surface area contributed by atoms with Gasteiger partial charge in [0.15, 0.2) is 11.6 Å². The van der Waals surface area contributed by atoms with Crippen molar-refractivity contribution in [1.29, 1.82) is 0 Å². The molecule has 0 spiro atoms. The van der Waals surface area contributed by atoms with Crippen LogP contribution in [0.15, 0.2) is 15.4 Å². The summed E-state index contributed by atoms with van der Waals surface area (Å²) in [5, 5.41) is 7.01. The lowest BCUT2D eigenvalue weighted by Crippen LogP contribution is -2.49. The molecule has 2 aromatic heterocycles. The van der Waals surface area contributed by atoms with Crippen molar-refractivity contribution < 1.29 is 14.1 Å². The molecule has 2 heterocycles. The van der Waals surface area contributed by atoms with E-state index in [9.17, 15) is 14.4 Å². The van der Waals surface area contributed by atoms with Gasteiger partial charge in [-0.05, 0) is 31.7 Å². The van der Waals surface area contributed by atoms with E-state index in [-0.39, 0.29) is 11.3 Å². The van der Waals surface area contributed by atoms with E-state index in [1.165, 1.54) is 6.07 Å². The Balaban J connectivity index is 1.69. The number of amides is 1. The number of pyridine rings is 1. The van der Waals surface area contributed by atoms with Crippen molar-refractivity contribution in [2.24, 2.45) is 0 Å². The van der Waals surface area contributed by atoms with Crippen LogP contribution < -0.4 is 10.9 Å². The first-order valence-corrected chi connectivity index (χ1v) is 9.41. The molecule has 2 N–H and O–H groups in total. The maximum atomic E-state index is 13.0. The number of hydrogen-bond donors (Lipinski definition) is 2. The second kappa shape index (κ2) is 6.75.